The van der Waals surface area contributed by atoms with E-state index in [4.69, 9.17) is 9.47 Å². The third kappa shape index (κ3) is 4.83. The molecule has 2 aromatic carbocycles. The van der Waals surface area contributed by atoms with E-state index in [9.17, 15) is 19.5 Å². The highest BCUT2D eigenvalue weighted by Crippen LogP contribution is 2.60. The molecule has 3 N–H and O–H groups in total. The number of ether oxygens (including phenoxy) is 2. The van der Waals surface area contributed by atoms with E-state index in [1.165, 1.54) is 4.90 Å². The highest BCUT2D eigenvalue weighted by molar-refractivity contribution is 9.09. The number of carbonyl (C=O) groups excluding carboxylic acids is 3. The van der Waals surface area contributed by atoms with Gasteiger partial charge in [0.15, 0.2) is 0 Å². The zero-order valence-corrected chi connectivity index (χ0v) is 23.9. The number of halogens is 1. The molecule has 3 aliphatic rings. The number of alkyl halides is 1. The molecule has 3 heterocycles. The summed E-state index contributed by atoms with van der Waals surface area (Å²) in [5.74, 6) is -1.87. The number of aliphatic hydroxyl groups excluding tert-OH is 1. The van der Waals surface area contributed by atoms with Gasteiger partial charge in [-0.15, -0.1) is 0 Å². The third-order valence-electron chi connectivity index (χ3n) is 7.98. The topological polar surface area (TPSA) is 117 Å². The zero-order chi connectivity index (χ0) is 27.9. The van der Waals surface area contributed by atoms with Gasteiger partial charge in [-0.25, -0.2) is 0 Å². The number of amides is 3. The van der Waals surface area contributed by atoms with Crippen molar-refractivity contribution in [2.45, 2.75) is 56.2 Å². The maximum Gasteiger partial charge on any atom is 0.250 e. The second-order valence-corrected chi connectivity index (χ2v) is 11.7. The van der Waals surface area contributed by atoms with Crippen molar-refractivity contribution in [3.63, 3.8) is 0 Å². The predicted octanol–water partition coefficient (Wildman–Crippen LogP) is 3.41. The fourth-order valence-corrected chi connectivity index (χ4v) is 7.25. The van der Waals surface area contributed by atoms with Crippen LogP contribution < -0.4 is 15.4 Å². The second kappa shape index (κ2) is 10.9. The Bertz CT molecular complexity index is 1270. The molecule has 39 heavy (non-hydrogen) atoms. The van der Waals surface area contributed by atoms with E-state index in [2.05, 4.69) is 26.6 Å². The van der Waals surface area contributed by atoms with Crippen LogP contribution in [0.2, 0.25) is 0 Å². The normalized spacial score (nSPS) is 28.9. The molecular formula is C29H34BrN3O6. The number of likely N-dealkylation sites (tertiary alicyclic amines) is 1. The molecule has 1 spiro atoms. The Morgan fingerprint density at radius 1 is 1.15 bits per heavy atom. The van der Waals surface area contributed by atoms with Gasteiger partial charge in [0.05, 0.1) is 24.5 Å². The Morgan fingerprint density at radius 2 is 1.90 bits per heavy atom. The van der Waals surface area contributed by atoms with Gasteiger partial charge >= 0.3 is 0 Å². The molecule has 0 radical (unpaired) electrons. The molecule has 3 amide bonds. The first-order chi connectivity index (χ1) is 18.7. The summed E-state index contributed by atoms with van der Waals surface area (Å²) in [5.41, 5.74) is 1.99. The van der Waals surface area contributed by atoms with E-state index in [0.717, 1.165) is 11.1 Å². The van der Waals surface area contributed by atoms with E-state index < -0.39 is 29.6 Å². The lowest BCUT2D eigenvalue weighted by molar-refractivity contribution is -0.139. The molecular weight excluding hydrogens is 566 g/mol. The summed E-state index contributed by atoms with van der Waals surface area (Å²) in [4.78, 5) is 42.8. The maximum absolute atomic E-state index is 13.9. The molecule has 10 heteroatoms. The van der Waals surface area contributed by atoms with Gasteiger partial charge < -0.3 is 30.1 Å². The van der Waals surface area contributed by atoms with Crippen molar-refractivity contribution < 1.29 is 29.0 Å². The average molecular weight is 601 g/mol. The number of benzene rings is 2. The van der Waals surface area contributed by atoms with Crippen molar-refractivity contribution in [1.82, 2.24) is 4.90 Å². The first kappa shape index (κ1) is 27.6. The molecule has 6 atom stereocenters. The molecule has 3 aliphatic heterocycles. The van der Waals surface area contributed by atoms with Gasteiger partial charge in [-0.3, -0.25) is 14.4 Å². The van der Waals surface area contributed by atoms with E-state index in [0.29, 0.717) is 36.6 Å². The zero-order valence-electron chi connectivity index (χ0n) is 22.3. The van der Waals surface area contributed by atoms with Crippen molar-refractivity contribution in [2.75, 3.05) is 30.4 Å². The van der Waals surface area contributed by atoms with Crippen LogP contribution in [-0.2, 0) is 19.1 Å². The summed E-state index contributed by atoms with van der Waals surface area (Å²) in [7, 11) is 0. The Labute approximate surface area is 236 Å². The van der Waals surface area contributed by atoms with Gasteiger partial charge in [-0.2, -0.15) is 0 Å². The van der Waals surface area contributed by atoms with Crippen molar-refractivity contribution in [2.24, 2.45) is 11.8 Å². The van der Waals surface area contributed by atoms with Crippen LogP contribution in [0, 0.1) is 25.7 Å². The Morgan fingerprint density at radius 3 is 2.59 bits per heavy atom. The Balaban J connectivity index is 1.45. The average Bonchev–Trinajstić information content (AvgIpc) is 3.49. The van der Waals surface area contributed by atoms with Gasteiger partial charge in [0, 0.05) is 29.4 Å². The van der Waals surface area contributed by atoms with Crippen LogP contribution in [-0.4, -0.2) is 70.1 Å². The minimum atomic E-state index is -1.16. The fraction of sp³-hybridized carbons (Fsp3) is 0.483. The van der Waals surface area contributed by atoms with Gasteiger partial charge in [0.1, 0.15) is 17.4 Å². The minimum Gasteiger partial charge on any atom is -0.494 e. The number of fused-ring (bicyclic) bond motifs is 1. The number of aryl methyl sites for hydroxylation is 2. The van der Waals surface area contributed by atoms with Gasteiger partial charge in [0.2, 0.25) is 17.7 Å². The summed E-state index contributed by atoms with van der Waals surface area (Å²) in [6.45, 7) is 6.35. The molecule has 208 valence electrons. The first-order valence-corrected chi connectivity index (χ1v) is 14.3. The monoisotopic (exact) mass is 599 g/mol. The van der Waals surface area contributed by atoms with Crippen molar-refractivity contribution in [1.29, 1.82) is 0 Å². The molecule has 0 aromatic heterocycles. The summed E-state index contributed by atoms with van der Waals surface area (Å²) in [6.07, 6.45) is 0.172. The Hall–Kier alpha value is -2.95. The van der Waals surface area contributed by atoms with E-state index in [1.54, 1.807) is 24.3 Å². The van der Waals surface area contributed by atoms with Crippen LogP contribution in [0.4, 0.5) is 11.4 Å². The summed E-state index contributed by atoms with van der Waals surface area (Å²) < 4.78 is 12.0. The molecule has 9 nitrogen and oxygen atoms in total. The van der Waals surface area contributed by atoms with E-state index >= 15 is 0 Å². The number of nitrogens with zero attached hydrogens (tertiary/aromatic N) is 1. The summed E-state index contributed by atoms with van der Waals surface area (Å²) in [5, 5.41) is 15.5. The van der Waals surface area contributed by atoms with Gasteiger partial charge in [0.25, 0.3) is 0 Å². The van der Waals surface area contributed by atoms with Crippen molar-refractivity contribution in [3.05, 3.63) is 53.6 Å². The molecule has 3 fully saturated rings. The van der Waals surface area contributed by atoms with Crippen molar-refractivity contribution in [3.8, 4) is 5.75 Å². The number of carbonyl (C=O) groups is 3. The lowest BCUT2D eigenvalue weighted by Gasteiger charge is -2.34. The number of hydrogen-bond donors (Lipinski definition) is 3. The maximum atomic E-state index is 13.9. The quantitative estimate of drug-likeness (QED) is 0.380. The SMILES string of the molecule is CCOc1ccc(NC(=O)[C@H]2[C@@H]3OC4(CC3Br)C(C(=O)Nc3cc(C)ccc3C)N(CCCO)C(=O)[C@H]24)cc1. The summed E-state index contributed by atoms with van der Waals surface area (Å²) in [6, 6.07) is 11.9. The lowest BCUT2D eigenvalue weighted by atomic mass is 9.70. The van der Waals surface area contributed by atoms with Crippen LogP contribution in [0.5, 0.6) is 5.75 Å². The molecule has 0 saturated carbocycles. The number of rotatable bonds is 9. The highest BCUT2D eigenvalue weighted by Gasteiger charge is 2.76. The standard InChI is InChI=1S/C29H34BrN3O6/c1-4-38-19-10-8-18(9-11-19)31-26(35)22-23-28(37)33(12-5-13-34)25(29(23)15-20(30)24(22)39-29)27(36)32-21-14-16(2)6-7-17(21)3/h6-11,14,20,22-25,34H,4-5,12-13,15H2,1-3H3,(H,31,35)(H,32,36)/t20?,22-,23+,24-,25?,29?/m1/s1. The minimum absolute atomic E-state index is 0.126. The number of anilines is 2. The Kier molecular flexibility index (Phi) is 7.72. The van der Waals surface area contributed by atoms with Crippen molar-refractivity contribution >= 4 is 45.0 Å². The number of aliphatic hydroxyl groups is 1. The smallest absolute Gasteiger partial charge is 0.250 e. The third-order valence-corrected chi connectivity index (χ3v) is 8.83. The van der Waals surface area contributed by atoms with Gasteiger partial charge in [-0.05, 0) is 75.1 Å². The highest BCUT2D eigenvalue weighted by atomic mass is 79.9. The van der Waals surface area contributed by atoms with E-state index in [-0.39, 0.29) is 35.7 Å². The number of hydrogen-bond acceptors (Lipinski definition) is 6. The largest absolute Gasteiger partial charge is 0.494 e. The summed E-state index contributed by atoms with van der Waals surface area (Å²) >= 11 is 3.68. The van der Waals surface area contributed by atoms with Crippen LogP contribution >= 0.6 is 15.9 Å². The first-order valence-electron chi connectivity index (χ1n) is 13.3. The van der Waals surface area contributed by atoms with Gasteiger partial charge in [-0.1, -0.05) is 28.1 Å². The van der Waals surface area contributed by atoms with E-state index in [1.807, 2.05) is 39.0 Å². The molecule has 3 unspecified atom stereocenters. The fourth-order valence-electron chi connectivity index (χ4n) is 6.31. The predicted molar refractivity (Wildman–Crippen MR) is 150 cm³/mol. The number of nitrogens with one attached hydrogen (secondary N) is 2. The van der Waals surface area contributed by atoms with Crippen LogP contribution in [0.15, 0.2) is 42.5 Å². The lowest BCUT2D eigenvalue weighted by Crippen LogP contribution is -2.54. The molecule has 5 rings (SSSR count). The molecule has 0 aliphatic carbocycles. The second-order valence-electron chi connectivity index (χ2n) is 10.5. The van der Waals surface area contributed by atoms with Crippen LogP contribution in [0.1, 0.15) is 30.9 Å². The van der Waals surface area contributed by atoms with Crippen LogP contribution in [0.3, 0.4) is 0 Å². The molecule has 2 bridgehead atoms. The molecule has 3 saturated heterocycles. The molecule has 2 aromatic rings. The van der Waals surface area contributed by atoms with Crippen LogP contribution in [0.25, 0.3) is 0 Å².